The number of fused-ring (bicyclic) bond motifs is 1. The predicted octanol–water partition coefficient (Wildman–Crippen LogP) is 6.90. The normalized spacial score (nSPS) is 36.4. The van der Waals surface area contributed by atoms with Gasteiger partial charge >= 0.3 is 0 Å². The molecule has 0 aromatic heterocycles. The SMILES string of the molecule is C=C1CC/C(=C/C=C2\CCCC3(C)C2CCC3C(C)CCCC(C)(C)O)C(=C)C1O. The van der Waals surface area contributed by atoms with E-state index in [0.717, 1.165) is 48.7 Å². The van der Waals surface area contributed by atoms with Crippen molar-refractivity contribution in [3.8, 4) is 0 Å². The second kappa shape index (κ2) is 9.17. The molecule has 30 heavy (non-hydrogen) atoms. The zero-order valence-electron chi connectivity index (χ0n) is 19.8. The van der Waals surface area contributed by atoms with Gasteiger partial charge in [0, 0.05) is 0 Å². The molecule has 5 atom stereocenters. The van der Waals surface area contributed by atoms with Gasteiger partial charge in [0.1, 0.15) is 0 Å². The molecule has 168 valence electrons. The predicted molar refractivity (Wildman–Crippen MR) is 127 cm³/mol. The summed E-state index contributed by atoms with van der Waals surface area (Å²) in [4.78, 5) is 0. The van der Waals surface area contributed by atoms with Crippen molar-refractivity contribution in [3.63, 3.8) is 0 Å². The van der Waals surface area contributed by atoms with Gasteiger partial charge < -0.3 is 10.2 Å². The molecular formula is C28H44O2. The second-order valence-electron chi connectivity index (χ2n) is 11.3. The van der Waals surface area contributed by atoms with E-state index in [0.29, 0.717) is 11.3 Å². The second-order valence-corrected chi connectivity index (χ2v) is 11.3. The monoisotopic (exact) mass is 412 g/mol. The van der Waals surface area contributed by atoms with E-state index in [4.69, 9.17) is 0 Å². The zero-order valence-corrected chi connectivity index (χ0v) is 19.8. The standard InChI is InChI=1S/C28H44O2/c1-19(9-7-17-27(4,5)30)24-15-16-25-23(10-8-18-28(24,25)6)14-13-22-12-11-20(2)26(29)21(22)3/h13-14,19,24-26,29-30H,2-3,7-12,15-18H2,1,4-6H3/b22-13-,23-14+. The van der Waals surface area contributed by atoms with Crippen LogP contribution in [0.25, 0.3) is 0 Å². The summed E-state index contributed by atoms with van der Waals surface area (Å²) in [5, 5.41) is 20.3. The van der Waals surface area contributed by atoms with Gasteiger partial charge in [0.15, 0.2) is 0 Å². The molecule has 3 rings (SSSR count). The third-order valence-electron chi connectivity index (χ3n) is 8.52. The van der Waals surface area contributed by atoms with Gasteiger partial charge in [-0.1, -0.05) is 57.6 Å². The van der Waals surface area contributed by atoms with Gasteiger partial charge in [-0.15, -0.1) is 0 Å². The van der Waals surface area contributed by atoms with Crippen molar-refractivity contribution in [3.05, 3.63) is 47.6 Å². The summed E-state index contributed by atoms with van der Waals surface area (Å²) < 4.78 is 0. The number of hydrogen-bond donors (Lipinski definition) is 2. The lowest BCUT2D eigenvalue weighted by Crippen LogP contribution is -2.36. The third kappa shape index (κ3) is 5.02. The highest BCUT2D eigenvalue weighted by Gasteiger charge is 2.50. The molecule has 2 N–H and O–H groups in total. The van der Waals surface area contributed by atoms with E-state index in [1.807, 2.05) is 13.8 Å². The first kappa shape index (κ1) is 23.5. The van der Waals surface area contributed by atoms with Crippen LogP contribution in [0.4, 0.5) is 0 Å². The minimum absolute atomic E-state index is 0.411. The van der Waals surface area contributed by atoms with Crippen LogP contribution in [0.2, 0.25) is 0 Å². The topological polar surface area (TPSA) is 40.5 Å². The Morgan fingerprint density at radius 1 is 1.17 bits per heavy atom. The molecule has 5 unspecified atom stereocenters. The minimum atomic E-state index is -0.569. The van der Waals surface area contributed by atoms with Gasteiger partial charge in [0.2, 0.25) is 0 Å². The summed E-state index contributed by atoms with van der Waals surface area (Å²) in [7, 11) is 0. The van der Waals surface area contributed by atoms with Gasteiger partial charge in [-0.05, 0) is 105 Å². The van der Waals surface area contributed by atoms with Crippen molar-refractivity contribution in [2.24, 2.45) is 23.2 Å². The molecule has 0 aliphatic heterocycles. The van der Waals surface area contributed by atoms with E-state index >= 15 is 0 Å². The Labute approximate surface area is 184 Å². The Balaban J connectivity index is 1.70. The molecule has 0 aromatic rings. The van der Waals surface area contributed by atoms with Crippen LogP contribution in [0.3, 0.4) is 0 Å². The largest absolute Gasteiger partial charge is 0.390 e. The van der Waals surface area contributed by atoms with Crippen LogP contribution in [-0.2, 0) is 0 Å². The summed E-state index contributed by atoms with van der Waals surface area (Å²) in [5.74, 6) is 2.20. The average Bonchev–Trinajstić information content (AvgIpc) is 3.02. The number of aliphatic hydroxyl groups is 2. The molecule has 0 saturated heterocycles. The Morgan fingerprint density at radius 3 is 2.60 bits per heavy atom. The Hall–Kier alpha value is -1.12. The van der Waals surface area contributed by atoms with Crippen molar-refractivity contribution in [1.29, 1.82) is 0 Å². The van der Waals surface area contributed by atoms with Gasteiger partial charge in [0.05, 0.1) is 11.7 Å². The molecule has 0 radical (unpaired) electrons. The van der Waals surface area contributed by atoms with Crippen molar-refractivity contribution in [2.45, 2.75) is 104 Å². The average molecular weight is 413 g/mol. The minimum Gasteiger partial charge on any atom is -0.390 e. The number of aliphatic hydroxyl groups excluding tert-OH is 1. The summed E-state index contributed by atoms with van der Waals surface area (Å²) in [6.07, 6.45) is 15.6. The first-order chi connectivity index (χ1) is 14.0. The van der Waals surface area contributed by atoms with E-state index in [1.54, 1.807) is 5.57 Å². The van der Waals surface area contributed by atoms with Crippen LogP contribution in [0, 0.1) is 23.2 Å². The fourth-order valence-electron chi connectivity index (χ4n) is 6.68. The maximum Gasteiger partial charge on any atom is 0.0995 e. The van der Waals surface area contributed by atoms with Crippen LogP contribution >= 0.6 is 0 Å². The van der Waals surface area contributed by atoms with Crippen molar-refractivity contribution in [2.75, 3.05) is 0 Å². The number of hydrogen-bond acceptors (Lipinski definition) is 2. The summed E-state index contributed by atoms with van der Waals surface area (Å²) >= 11 is 0. The Morgan fingerprint density at radius 2 is 1.90 bits per heavy atom. The lowest BCUT2D eigenvalue weighted by Gasteiger charge is -2.44. The van der Waals surface area contributed by atoms with Crippen LogP contribution < -0.4 is 0 Å². The molecule has 3 fully saturated rings. The lowest BCUT2D eigenvalue weighted by atomic mass is 9.60. The van der Waals surface area contributed by atoms with Gasteiger partial charge in [0.25, 0.3) is 0 Å². The van der Waals surface area contributed by atoms with E-state index in [-0.39, 0.29) is 0 Å². The molecule has 3 aliphatic carbocycles. The van der Waals surface area contributed by atoms with Gasteiger partial charge in [-0.25, -0.2) is 0 Å². The molecule has 3 aliphatic rings. The maximum atomic E-state index is 10.3. The molecule has 0 heterocycles. The maximum absolute atomic E-state index is 10.3. The summed E-state index contributed by atoms with van der Waals surface area (Å²) in [5.41, 5.74) is 4.42. The van der Waals surface area contributed by atoms with Crippen LogP contribution in [-0.4, -0.2) is 21.9 Å². The highest BCUT2D eigenvalue weighted by atomic mass is 16.3. The van der Waals surface area contributed by atoms with E-state index < -0.39 is 11.7 Å². The fourth-order valence-corrected chi connectivity index (χ4v) is 6.68. The van der Waals surface area contributed by atoms with Crippen molar-refractivity contribution < 1.29 is 10.2 Å². The van der Waals surface area contributed by atoms with Gasteiger partial charge in [-0.2, -0.15) is 0 Å². The van der Waals surface area contributed by atoms with E-state index in [2.05, 4.69) is 39.2 Å². The third-order valence-corrected chi connectivity index (χ3v) is 8.52. The highest BCUT2D eigenvalue weighted by Crippen LogP contribution is 2.60. The molecule has 0 bridgehead atoms. The molecule has 0 amide bonds. The smallest absolute Gasteiger partial charge is 0.0995 e. The van der Waals surface area contributed by atoms with Gasteiger partial charge in [-0.3, -0.25) is 0 Å². The molecule has 0 spiro atoms. The van der Waals surface area contributed by atoms with Crippen molar-refractivity contribution in [1.82, 2.24) is 0 Å². The fraction of sp³-hybridized carbons (Fsp3) is 0.714. The molecule has 3 saturated carbocycles. The Kier molecular flexibility index (Phi) is 7.19. The van der Waals surface area contributed by atoms with Crippen LogP contribution in [0.15, 0.2) is 47.6 Å². The first-order valence-electron chi connectivity index (χ1n) is 12.2. The molecule has 2 heteroatoms. The first-order valence-corrected chi connectivity index (χ1v) is 12.2. The quantitative estimate of drug-likeness (QED) is 0.466. The Bertz CT molecular complexity index is 719. The zero-order chi connectivity index (χ0) is 22.1. The highest BCUT2D eigenvalue weighted by molar-refractivity contribution is 5.43. The molecule has 0 aromatic carbocycles. The molecule has 2 nitrogen and oxygen atoms in total. The summed E-state index contributed by atoms with van der Waals surface area (Å²) in [6, 6.07) is 0. The van der Waals surface area contributed by atoms with Crippen molar-refractivity contribution >= 4 is 0 Å². The number of rotatable bonds is 6. The van der Waals surface area contributed by atoms with Crippen LogP contribution in [0.1, 0.15) is 91.9 Å². The molecular weight excluding hydrogens is 368 g/mol. The van der Waals surface area contributed by atoms with E-state index in [9.17, 15) is 10.2 Å². The lowest BCUT2D eigenvalue weighted by molar-refractivity contribution is 0.0597. The van der Waals surface area contributed by atoms with Crippen LogP contribution in [0.5, 0.6) is 0 Å². The van der Waals surface area contributed by atoms with E-state index in [1.165, 1.54) is 44.1 Å². The summed E-state index contributed by atoms with van der Waals surface area (Å²) in [6.45, 7) is 16.9. The number of allylic oxidation sites excluding steroid dienone is 3.